The molecule has 0 saturated heterocycles. The molecule has 1 amide bonds. The molecule has 9 heteroatoms. The minimum atomic E-state index is -0.583. The van der Waals surface area contributed by atoms with Gasteiger partial charge in [-0.05, 0) is 38.1 Å². The molecule has 0 saturated carbocycles. The van der Waals surface area contributed by atoms with E-state index in [1.54, 1.807) is 16.8 Å². The Morgan fingerprint density at radius 2 is 2.00 bits per heavy atom. The summed E-state index contributed by atoms with van der Waals surface area (Å²) in [5, 5.41) is 19.3. The Balaban J connectivity index is 1.82. The third kappa shape index (κ3) is 3.97. The van der Waals surface area contributed by atoms with Gasteiger partial charge in [-0.1, -0.05) is 29.8 Å². The quantitative estimate of drug-likeness (QED) is 0.341. The number of carbonyl (C=O) groups excluding carboxylic acids is 1. The Hall–Kier alpha value is -3.78. The zero-order valence-corrected chi connectivity index (χ0v) is 17.6. The smallest absolute Gasteiger partial charge is 0.294 e. The van der Waals surface area contributed by atoms with Gasteiger partial charge in [0.1, 0.15) is 5.69 Å². The highest BCUT2D eigenvalue weighted by Gasteiger charge is 2.20. The van der Waals surface area contributed by atoms with E-state index in [9.17, 15) is 14.9 Å². The van der Waals surface area contributed by atoms with Gasteiger partial charge in [-0.2, -0.15) is 5.10 Å². The van der Waals surface area contributed by atoms with Crippen molar-refractivity contribution in [2.45, 2.75) is 20.4 Å². The molecule has 0 aliphatic carbocycles. The van der Waals surface area contributed by atoms with Gasteiger partial charge in [0.05, 0.1) is 27.4 Å². The van der Waals surface area contributed by atoms with E-state index in [4.69, 9.17) is 16.6 Å². The number of aryl methyl sites for hydroxylation is 2. The SMILES string of the molecule is CCn1cc(-c2cc(C(=O)Nc3ccc(Cl)cc3[N+](=O)[O-])c3ccccc3n2)c(C)n1. The summed E-state index contributed by atoms with van der Waals surface area (Å²) < 4.78 is 1.80. The number of nitrogens with zero attached hydrogens (tertiary/aromatic N) is 4. The van der Waals surface area contributed by atoms with Crippen LogP contribution in [0.25, 0.3) is 22.2 Å². The zero-order chi connectivity index (χ0) is 22.1. The second kappa shape index (κ2) is 8.16. The molecule has 156 valence electrons. The summed E-state index contributed by atoms with van der Waals surface area (Å²) >= 11 is 5.88. The van der Waals surface area contributed by atoms with Crippen LogP contribution in [0.1, 0.15) is 23.0 Å². The normalized spacial score (nSPS) is 10.9. The Morgan fingerprint density at radius 1 is 1.23 bits per heavy atom. The Morgan fingerprint density at radius 3 is 2.71 bits per heavy atom. The van der Waals surface area contributed by atoms with Crippen LogP contribution in [-0.2, 0) is 6.54 Å². The third-order valence-electron chi connectivity index (χ3n) is 4.91. The van der Waals surface area contributed by atoms with Crippen molar-refractivity contribution in [1.82, 2.24) is 14.8 Å². The lowest BCUT2D eigenvalue weighted by Crippen LogP contribution is -2.14. The molecule has 1 N–H and O–H groups in total. The Labute approximate surface area is 182 Å². The summed E-state index contributed by atoms with van der Waals surface area (Å²) in [5.41, 5.74) is 3.00. The number of pyridine rings is 1. The van der Waals surface area contributed by atoms with Crippen LogP contribution in [0.5, 0.6) is 0 Å². The van der Waals surface area contributed by atoms with Gasteiger partial charge in [0.2, 0.25) is 0 Å². The van der Waals surface area contributed by atoms with E-state index in [1.807, 2.05) is 38.2 Å². The van der Waals surface area contributed by atoms with Crippen LogP contribution >= 0.6 is 11.6 Å². The number of benzene rings is 2. The Kier molecular flexibility index (Phi) is 5.39. The minimum absolute atomic E-state index is 0.0665. The first kappa shape index (κ1) is 20.5. The number of fused-ring (bicyclic) bond motifs is 1. The number of para-hydroxylation sites is 1. The van der Waals surface area contributed by atoms with Gasteiger partial charge >= 0.3 is 0 Å². The van der Waals surface area contributed by atoms with Crippen molar-refractivity contribution in [3.63, 3.8) is 0 Å². The first-order valence-corrected chi connectivity index (χ1v) is 9.94. The van der Waals surface area contributed by atoms with Crippen molar-refractivity contribution >= 4 is 39.8 Å². The van der Waals surface area contributed by atoms with Gasteiger partial charge in [0.25, 0.3) is 11.6 Å². The van der Waals surface area contributed by atoms with Gasteiger partial charge in [0, 0.05) is 34.8 Å². The van der Waals surface area contributed by atoms with Crippen LogP contribution in [0.3, 0.4) is 0 Å². The van der Waals surface area contributed by atoms with Crippen molar-refractivity contribution in [2.75, 3.05) is 5.32 Å². The molecule has 31 heavy (non-hydrogen) atoms. The second-order valence-corrected chi connectivity index (χ2v) is 7.37. The summed E-state index contributed by atoms with van der Waals surface area (Å²) in [7, 11) is 0. The van der Waals surface area contributed by atoms with Gasteiger partial charge in [0.15, 0.2) is 0 Å². The summed E-state index contributed by atoms with van der Waals surface area (Å²) in [5.74, 6) is -0.481. The number of halogens is 1. The second-order valence-electron chi connectivity index (χ2n) is 6.93. The lowest BCUT2D eigenvalue weighted by molar-refractivity contribution is -0.383. The third-order valence-corrected chi connectivity index (χ3v) is 5.15. The predicted octanol–water partition coefficient (Wildman–Crippen LogP) is 5.24. The number of nitrogens with one attached hydrogen (secondary N) is 1. The maximum absolute atomic E-state index is 13.2. The monoisotopic (exact) mass is 435 g/mol. The largest absolute Gasteiger partial charge is 0.316 e. The van der Waals surface area contributed by atoms with Gasteiger partial charge in [-0.15, -0.1) is 0 Å². The molecule has 0 aliphatic rings. The molecule has 0 atom stereocenters. The number of hydrogen-bond acceptors (Lipinski definition) is 5. The van der Waals surface area contributed by atoms with E-state index < -0.39 is 10.8 Å². The summed E-state index contributed by atoms with van der Waals surface area (Å²) in [4.78, 5) is 28.7. The highest BCUT2D eigenvalue weighted by Crippen LogP contribution is 2.30. The molecule has 2 heterocycles. The van der Waals surface area contributed by atoms with Crippen LogP contribution in [0.15, 0.2) is 54.7 Å². The molecule has 0 fully saturated rings. The molecule has 4 aromatic rings. The standard InChI is InChI=1S/C22H18ClN5O3/c1-3-27-12-17(13(2)26-27)20-11-16(15-6-4-5-7-18(15)24-20)22(29)25-19-9-8-14(23)10-21(19)28(30)31/h4-12H,3H2,1-2H3,(H,25,29). The maximum Gasteiger partial charge on any atom is 0.294 e. The number of anilines is 1. The van der Waals surface area contributed by atoms with Crippen molar-refractivity contribution in [1.29, 1.82) is 0 Å². The van der Waals surface area contributed by atoms with E-state index >= 15 is 0 Å². The molecular formula is C22H18ClN5O3. The first-order chi connectivity index (χ1) is 14.9. The molecule has 2 aromatic heterocycles. The molecule has 8 nitrogen and oxygen atoms in total. The van der Waals surface area contributed by atoms with Crippen molar-refractivity contribution < 1.29 is 9.72 Å². The van der Waals surface area contributed by atoms with Crippen LogP contribution in [-0.4, -0.2) is 25.6 Å². The fraction of sp³-hybridized carbons (Fsp3) is 0.136. The fourth-order valence-electron chi connectivity index (χ4n) is 3.38. The number of carbonyl (C=O) groups is 1. The summed E-state index contributed by atoms with van der Waals surface area (Å²) in [6.45, 7) is 4.58. The highest BCUT2D eigenvalue weighted by molar-refractivity contribution is 6.31. The number of rotatable bonds is 5. The number of nitro groups is 1. The number of aromatic nitrogens is 3. The first-order valence-electron chi connectivity index (χ1n) is 9.57. The van der Waals surface area contributed by atoms with Gasteiger partial charge in [-0.3, -0.25) is 19.6 Å². The van der Waals surface area contributed by atoms with Gasteiger partial charge in [-0.25, -0.2) is 4.98 Å². The van der Waals surface area contributed by atoms with E-state index in [2.05, 4.69) is 10.4 Å². The molecule has 2 aromatic carbocycles. The van der Waals surface area contributed by atoms with Crippen molar-refractivity contribution in [3.8, 4) is 11.3 Å². The Bertz CT molecular complexity index is 1330. The fourth-order valence-corrected chi connectivity index (χ4v) is 3.55. The predicted molar refractivity (Wildman–Crippen MR) is 119 cm³/mol. The summed E-state index contributed by atoms with van der Waals surface area (Å²) in [6, 6.07) is 13.1. The van der Waals surface area contributed by atoms with Crippen LogP contribution in [0.2, 0.25) is 5.02 Å². The average Bonchev–Trinajstić information content (AvgIpc) is 3.14. The number of hydrogen-bond donors (Lipinski definition) is 1. The zero-order valence-electron chi connectivity index (χ0n) is 16.8. The lowest BCUT2D eigenvalue weighted by Gasteiger charge is -2.11. The molecule has 0 unspecified atom stereocenters. The molecule has 4 rings (SSSR count). The van der Waals surface area contributed by atoms with Crippen molar-refractivity contribution in [2.24, 2.45) is 0 Å². The number of nitro benzene ring substituents is 1. The average molecular weight is 436 g/mol. The minimum Gasteiger partial charge on any atom is -0.316 e. The summed E-state index contributed by atoms with van der Waals surface area (Å²) in [6.07, 6.45) is 1.89. The van der Waals surface area contributed by atoms with E-state index in [1.165, 1.54) is 18.2 Å². The topological polar surface area (TPSA) is 103 Å². The maximum atomic E-state index is 13.2. The van der Waals surface area contributed by atoms with E-state index in [0.717, 1.165) is 11.3 Å². The molecule has 0 bridgehead atoms. The lowest BCUT2D eigenvalue weighted by atomic mass is 10.0. The number of amides is 1. The molecule has 0 radical (unpaired) electrons. The molecule has 0 spiro atoms. The van der Waals surface area contributed by atoms with Crippen LogP contribution in [0.4, 0.5) is 11.4 Å². The van der Waals surface area contributed by atoms with Crippen molar-refractivity contribution in [3.05, 3.63) is 81.1 Å². The van der Waals surface area contributed by atoms with E-state index in [-0.39, 0.29) is 16.4 Å². The van der Waals surface area contributed by atoms with Crippen LogP contribution < -0.4 is 5.32 Å². The van der Waals surface area contributed by atoms with Crippen LogP contribution in [0, 0.1) is 17.0 Å². The van der Waals surface area contributed by atoms with Gasteiger partial charge < -0.3 is 5.32 Å². The molecule has 0 aliphatic heterocycles. The molecular weight excluding hydrogens is 418 g/mol. The van der Waals surface area contributed by atoms with E-state index in [0.29, 0.717) is 28.7 Å². The highest BCUT2D eigenvalue weighted by atomic mass is 35.5.